The molecular weight excluding hydrogens is 320 g/mol. The van der Waals surface area contributed by atoms with E-state index in [2.05, 4.69) is 15.4 Å². The molecule has 0 spiro atoms. The highest BCUT2D eigenvalue weighted by atomic mass is 16.3. The van der Waals surface area contributed by atoms with Gasteiger partial charge in [-0.3, -0.25) is 14.3 Å². The van der Waals surface area contributed by atoms with Crippen molar-refractivity contribution in [3.63, 3.8) is 0 Å². The van der Waals surface area contributed by atoms with E-state index < -0.39 is 0 Å². The monoisotopic (exact) mass is 340 g/mol. The van der Waals surface area contributed by atoms with E-state index >= 15 is 0 Å². The molecule has 1 N–H and O–H groups in total. The van der Waals surface area contributed by atoms with E-state index in [9.17, 15) is 9.59 Å². The molecular formula is C18H20N4O3. The SMILES string of the molecule is CC(=O)c1c(C)nn(CC(=O)NCc2nc3c(C)cccc3o2)c1C. The van der Waals surface area contributed by atoms with Crippen molar-refractivity contribution in [2.45, 2.75) is 40.8 Å². The Morgan fingerprint density at radius 2 is 2.00 bits per heavy atom. The Kier molecular flexibility index (Phi) is 4.39. The molecule has 0 saturated carbocycles. The number of nitrogens with one attached hydrogen (secondary N) is 1. The summed E-state index contributed by atoms with van der Waals surface area (Å²) in [5.41, 5.74) is 4.43. The van der Waals surface area contributed by atoms with Crippen molar-refractivity contribution in [1.82, 2.24) is 20.1 Å². The Bertz CT molecular complexity index is 968. The number of amides is 1. The van der Waals surface area contributed by atoms with Gasteiger partial charge in [-0.05, 0) is 39.3 Å². The van der Waals surface area contributed by atoms with Crippen LogP contribution in [-0.4, -0.2) is 26.5 Å². The minimum atomic E-state index is -0.223. The maximum absolute atomic E-state index is 12.2. The summed E-state index contributed by atoms with van der Waals surface area (Å²) >= 11 is 0. The maximum atomic E-state index is 12.2. The van der Waals surface area contributed by atoms with Gasteiger partial charge in [0.2, 0.25) is 11.8 Å². The molecule has 0 aliphatic rings. The summed E-state index contributed by atoms with van der Waals surface area (Å²) in [6, 6.07) is 5.71. The summed E-state index contributed by atoms with van der Waals surface area (Å²) in [5, 5.41) is 7.04. The highest BCUT2D eigenvalue weighted by molar-refractivity contribution is 5.96. The molecule has 0 radical (unpaired) electrons. The van der Waals surface area contributed by atoms with Crippen LogP contribution in [-0.2, 0) is 17.9 Å². The van der Waals surface area contributed by atoms with E-state index in [1.807, 2.05) is 25.1 Å². The van der Waals surface area contributed by atoms with Crippen molar-refractivity contribution in [3.8, 4) is 0 Å². The molecule has 0 aliphatic heterocycles. The average molecular weight is 340 g/mol. The third-order valence-corrected chi connectivity index (χ3v) is 4.13. The van der Waals surface area contributed by atoms with Crippen LogP contribution in [0.25, 0.3) is 11.1 Å². The third-order valence-electron chi connectivity index (χ3n) is 4.13. The number of oxazole rings is 1. The second kappa shape index (κ2) is 6.51. The Morgan fingerprint density at radius 3 is 2.64 bits per heavy atom. The molecule has 0 unspecified atom stereocenters. The number of para-hydroxylation sites is 1. The molecule has 3 rings (SSSR count). The smallest absolute Gasteiger partial charge is 0.242 e. The van der Waals surface area contributed by atoms with Gasteiger partial charge in [-0.1, -0.05) is 12.1 Å². The molecule has 130 valence electrons. The van der Waals surface area contributed by atoms with Crippen molar-refractivity contribution in [2.75, 3.05) is 0 Å². The van der Waals surface area contributed by atoms with Crippen LogP contribution in [0.2, 0.25) is 0 Å². The van der Waals surface area contributed by atoms with Crippen molar-refractivity contribution < 1.29 is 14.0 Å². The van der Waals surface area contributed by atoms with Gasteiger partial charge in [0.05, 0.1) is 17.8 Å². The second-order valence-corrected chi connectivity index (χ2v) is 6.07. The first kappa shape index (κ1) is 16.9. The van der Waals surface area contributed by atoms with Crippen LogP contribution in [0.3, 0.4) is 0 Å². The van der Waals surface area contributed by atoms with E-state index in [0.717, 1.165) is 11.1 Å². The standard InChI is InChI=1S/C18H20N4O3/c1-10-6-5-7-14-18(10)20-16(25-14)8-19-15(24)9-22-12(3)17(13(4)23)11(2)21-22/h5-7H,8-9H2,1-4H3,(H,19,24). The van der Waals surface area contributed by atoms with Gasteiger partial charge < -0.3 is 9.73 Å². The molecule has 2 heterocycles. The summed E-state index contributed by atoms with van der Waals surface area (Å²) in [6.45, 7) is 7.25. The number of hydrogen-bond donors (Lipinski definition) is 1. The molecule has 1 aromatic carbocycles. The van der Waals surface area contributed by atoms with E-state index in [4.69, 9.17) is 4.42 Å². The zero-order valence-electron chi connectivity index (χ0n) is 14.7. The summed E-state index contributed by atoms with van der Waals surface area (Å²) in [6.07, 6.45) is 0. The van der Waals surface area contributed by atoms with Crippen LogP contribution in [0.4, 0.5) is 0 Å². The van der Waals surface area contributed by atoms with Gasteiger partial charge in [-0.2, -0.15) is 5.10 Å². The summed E-state index contributed by atoms with van der Waals surface area (Å²) in [4.78, 5) is 28.2. The third kappa shape index (κ3) is 3.31. The topological polar surface area (TPSA) is 90.0 Å². The maximum Gasteiger partial charge on any atom is 0.242 e. The van der Waals surface area contributed by atoms with Crippen molar-refractivity contribution in [2.24, 2.45) is 0 Å². The van der Waals surface area contributed by atoms with Crippen LogP contribution < -0.4 is 5.32 Å². The lowest BCUT2D eigenvalue weighted by Crippen LogP contribution is -2.28. The molecule has 0 aliphatic carbocycles. The molecule has 0 fully saturated rings. The first-order chi connectivity index (χ1) is 11.9. The fourth-order valence-corrected chi connectivity index (χ4v) is 2.93. The molecule has 25 heavy (non-hydrogen) atoms. The predicted octanol–water partition coefficient (Wildman–Crippen LogP) is 2.47. The van der Waals surface area contributed by atoms with Crippen molar-refractivity contribution in [3.05, 3.63) is 46.6 Å². The zero-order chi connectivity index (χ0) is 18.1. The molecule has 0 bridgehead atoms. The number of ketones is 1. The number of hydrogen-bond acceptors (Lipinski definition) is 5. The van der Waals surface area contributed by atoms with Gasteiger partial charge >= 0.3 is 0 Å². The van der Waals surface area contributed by atoms with Crippen molar-refractivity contribution in [1.29, 1.82) is 0 Å². The molecule has 0 saturated heterocycles. The Hall–Kier alpha value is -2.96. The minimum absolute atomic E-state index is 0.0409. The summed E-state index contributed by atoms with van der Waals surface area (Å²) in [7, 11) is 0. The van der Waals surface area contributed by atoms with E-state index in [-0.39, 0.29) is 24.8 Å². The van der Waals surface area contributed by atoms with Crippen LogP contribution in [0, 0.1) is 20.8 Å². The molecule has 0 atom stereocenters. The normalized spacial score (nSPS) is 11.0. The lowest BCUT2D eigenvalue weighted by molar-refractivity contribution is -0.122. The highest BCUT2D eigenvalue weighted by Crippen LogP contribution is 2.18. The van der Waals surface area contributed by atoms with Crippen LogP contribution in [0.15, 0.2) is 22.6 Å². The van der Waals surface area contributed by atoms with Crippen LogP contribution >= 0.6 is 0 Å². The summed E-state index contributed by atoms with van der Waals surface area (Å²) < 4.78 is 7.17. The average Bonchev–Trinajstić information content (AvgIpc) is 3.07. The molecule has 7 nitrogen and oxygen atoms in total. The molecule has 7 heteroatoms. The number of Topliss-reactive ketones (excluding diaryl/α,β-unsaturated/α-hetero) is 1. The molecule has 3 aromatic rings. The molecule has 1 amide bonds. The lowest BCUT2D eigenvalue weighted by Gasteiger charge is -2.05. The predicted molar refractivity (Wildman–Crippen MR) is 92.3 cm³/mol. The fourth-order valence-electron chi connectivity index (χ4n) is 2.93. The Morgan fingerprint density at radius 1 is 1.24 bits per heavy atom. The fraction of sp³-hybridized carbons (Fsp3) is 0.333. The van der Waals surface area contributed by atoms with Gasteiger partial charge in [0.15, 0.2) is 11.4 Å². The lowest BCUT2D eigenvalue weighted by atomic mass is 10.1. The van der Waals surface area contributed by atoms with Crippen molar-refractivity contribution >= 4 is 22.8 Å². The van der Waals surface area contributed by atoms with Crippen LogP contribution in [0.1, 0.15) is 40.1 Å². The number of aromatic nitrogens is 3. The first-order valence-electron chi connectivity index (χ1n) is 8.03. The first-order valence-corrected chi connectivity index (χ1v) is 8.03. The second-order valence-electron chi connectivity index (χ2n) is 6.07. The number of carbonyl (C=O) groups excluding carboxylic acids is 2. The number of fused-ring (bicyclic) bond motifs is 1. The zero-order valence-corrected chi connectivity index (χ0v) is 14.7. The van der Waals surface area contributed by atoms with Gasteiger partial charge in [0.25, 0.3) is 0 Å². The van der Waals surface area contributed by atoms with Gasteiger partial charge in [0, 0.05) is 5.69 Å². The van der Waals surface area contributed by atoms with Gasteiger partial charge in [-0.15, -0.1) is 0 Å². The van der Waals surface area contributed by atoms with Gasteiger partial charge in [-0.25, -0.2) is 4.98 Å². The molecule has 2 aromatic heterocycles. The Labute approximate surface area is 145 Å². The number of nitrogens with zero attached hydrogens (tertiary/aromatic N) is 3. The van der Waals surface area contributed by atoms with Crippen LogP contribution in [0.5, 0.6) is 0 Å². The number of rotatable bonds is 5. The van der Waals surface area contributed by atoms with Gasteiger partial charge in [0.1, 0.15) is 12.1 Å². The minimum Gasteiger partial charge on any atom is -0.439 e. The van der Waals surface area contributed by atoms with E-state index in [0.29, 0.717) is 28.4 Å². The highest BCUT2D eigenvalue weighted by Gasteiger charge is 2.17. The quantitative estimate of drug-likeness (QED) is 0.721. The van der Waals surface area contributed by atoms with E-state index in [1.165, 1.54) is 11.6 Å². The Balaban J connectivity index is 1.68. The largest absolute Gasteiger partial charge is 0.439 e. The number of benzene rings is 1. The number of carbonyl (C=O) groups is 2. The summed E-state index contributed by atoms with van der Waals surface area (Å²) in [5.74, 6) is 0.179. The van der Waals surface area contributed by atoms with E-state index in [1.54, 1.807) is 13.8 Å². The number of aryl methyl sites for hydroxylation is 2.